The number of hydrogen-bond donors (Lipinski definition) is 0. The molecule has 0 N–H and O–H groups in total. The molecule has 2 heteroatoms. The molecule has 1 saturated carbocycles. The first-order valence-electron chi connectivity index (χ1n) is 5.49. The van der Waals surface area contributed by atoms with Crippen LogP contribution in [0.1, 0.15) is 38.5 Å². The molecule has 78 valence electrons. The van der Waals surface area contributed by atoms with Gasteiger partial charge in [0.2, 0.25) is 0 Å². The fraction of sp³-hybridized carbons (Fsp3) is 0.667. The second-order valence-corrected chi connectivity index (χ2v) is 5.33. The van der Waals surface area contributed by atoms with Gasteiger partial charge < -0.3 is 0 Å². The van der Waals surface area contributed by atoms with Gasteiger partial charge in [0.25, 0.3) is 0 Å². The maximum absolute atomic E-state index is 6.06. The summed E-state index contributed by atoms with van der Waals surface area (Å²) in [5.74, 6) is 1.42. The van der Waals surface area contributed by atoms with Gasteiger partial charge >= 0.3 is 0 Å². The zero-order chi connectivity index (χ0) is 9.97. The fourth-order valence-corrected chi connectivity index (χ4v) is 3.26. The first-order valence-corrected chi connectivity index (χ1v) is 6.24. The van der Waals surface area contributed by atoms with Gasteiger partial charge in [-0.3, -0.25) is 0 Å². The van der Waals surface area contributed by atoms with Crippen molar-refractivity contribution >= 4 is 23.2 Å². The van der Waals surface area contributed by atoms with Gasteiger partial charge in [0.15, 0.2) is 0 Å². The molecule has 0 radical (unpaired) electrons. The summed E-state index contributed by atoms with van der Waals surface area (Å²) in [7, 11) is 0. The second kappa shape index (κ2) is 4.72. The van der Waals surface area contributed by atoms with Crippen LogP contribution in [0, 0.1) is 11.8 Å². The van der Waals surface area contributed by atoms with Crippen LogP contribution < -0.4 is 0 Å². The molecule has 0 heterocycles. The maximum Gasteiger partial charge on any atom is 0.0380 e. The van der Waals surface area contributed by atoms with Gasteiger partial charge in [0, 0.05) is 10.1 Å². The smallest absolute Gasteiger partial charge is 0.0380 e. The normalized spacial score (nSPS) is 29.7. The lowest BCUT2D eigenvalue weighted by Gasteiger charge is -2.29. The van der Waals surface area contributed by atoms with Crippen molar-refractivity contribution in [2.24, 2.45) is 11.8 Å². The van der Waals surface area contributed by atoms with E-state index < -0.39 is 0 Å². The van der Waals surface area contributed by atoms with Crippen LogP contribution in [0.3, 0.4) is 0 Å². The lowest BCUT2D eigenvalue weighted by atomic mass is 9.77. The van der Waals surface area contributed by atoms with Crippen LogP contribution >= 0.6 is 23.2 Å². The van der Waals surface area contributed by atoms with Crippen molar-refractivity contribution in [3.63, 3.8) is 0 Å². The van der Waals surface area contributed by atoms with Crippen molar-refractivity contribution in [1.29, 1.82) is 0 Å². The highest BCUT2D eigenvalue weighted by Crippen LogP contribution is 2.38. The Balaban J connectivity index is 2.01. The maximum atomic E-state index is 6.06. The van der Waals surface area contributed by atoms with E-state index in [1.54, 1.807) is 0 Å². The van der Waals surface area contributed by atoms with E-state index in [-0.39, 0.29) is 0 Å². The summed E-state index contributed by atoms with van der Waals surface area (Å²) in [6.07, 6.45) is 12.0. The molecule has 1 fully saturated rings. The lowest BCUT2D eigenvalue weighted by Crippen LogP contribution is -2.17. The van der Waals surface area contributed by atoms with Gasteiger partial charge in [-0.05, 0) is 37.2 Å². The van der Waals surface area contributed by atoms with Crippen LogP contribution in [0.25, 0.3) is 0 Å². The van der Waals surface area contributed by atoms with Crippen LogP contribution in [0.4, 0.5) is 0 Å². The first-order chi connectivity index (χ1) is 6.75. The highest BCUT2D eigenvalue weighted by molar-refractivity contribution is 6.34. The molecular weight excluding hydrogens is 215 g/mol. The molecule has 0 aliphatic heterocycles. The summed E-state index contributed by atoms with van der Waals surface area (Å²) in [4.78, 5) is 0. The quantitative estimate of drug-likeness (QED) is 0.606. The molecule has 2 aliphatic rings. The van der Waals surface area contributed by atoms with E-state index in [0.29, 0.717) is 5.92 Å². The molecule has 14 heavy (non-hydrogen) atoms. The first kappa shape index (κ1) is 10.6. The van der Waals surface area contributed by atoms with E-state index in [1.807, 2.05) is 6.08 Å². The average molecular weight is 231 g/mol. The Morgan fingerprint density at radius 1 is 1.07 bits per heavy atom. The number of halogens is 2. The van der Waals surface area contributed by atoms with Crippen LogP contribution in [0.5, 0.6) is 0 Å². The van der Waals surface area contributed by atoms with E-state index in [1.165, 1.54) is 32.1 Å². The zero-order valence-electron chi connectivity index (χ0n) is 8.31. The molecular formula is C12H16Cl2. The molecule has 0 aromatic carbocycles. The molecule has 0 nitrogen and oxygen atoms in total. The second-order valence-electron chi connectivity index (χ2n) is 4.41. The van der Waals surface area contributed by atoms with E-state index in [4.69, 9.17) is 23.2 Å². The average Bonchev–Trinajstić information content (AvgIpc) is 2.18. The van der Waals surface area contributed by atoms with Crippen molar-refractivity contribution in [2.75, 3.05) is 0 Å². The summed E-state index contributed by atoms with van der Waals surface area (Å²) in [5.41, 5.74) is 0. The van der Waals surface area contributed by atoms with Crippen molar-refractivity contribution in [1.82, 2.24) is 0 Å². The van der Waals surface area contributed by atoms with E-state index >= 15 is 0 Å². The van der Waals surface area contributed by atoms with E-state index in [9.17, 15) is 0 Å². The molecule has 2 aliphatic carbocycles. The molecule has 0 spiro atoms. The summed E-state index contributed by atoms with van der Waals surface area (Å²) in [6.45, 7) is 0. The Kier molecular flexibility index (Phi) is 3.57. The molecule has 0 amide bonds. The molecule has 1 unspecified atom stereocenters. The standard InChI is InChI=1S/C12H16Cl2/c13-11-6-10(7-12(14)8-11)9-4-2-1-3-5-9/h6,8-10H,1-5,7H2. The molecule has 0 saturated heterocycles. The fourth-order valence-electron chi connectivity index (χ4n) is 2.61. The largest absolute Gasteiger partial charge is 0.0891 e. The Hall–Kier alpha value is 0.0600. The van der Waals surface area contributed by atoms with Crippen molar-refractivity contribution in [3.8, 4) is 0 Å². The zero-order valence-corrected chi connectivity index (χ0v) is 9.82. The molecule has 0 aromatic rings. The highest BCUT2D eigenvalue weighted by atomic mass is 35.5. The van der Waals surface area contributed by atoms with Gasteiger partial charge in [-0.2, -0.15) is 0 Å². The lowest BCUT2D eigenvalue weighted by molar-refractivity contribution is 0.285. The topological polar surface area (TPSA) is 0 Å². The van der Waals surface area contributed by atoms with Crippen molar-refractivity contribution < 1.29 is 0 Å². The number of rotatable bonds is 1. The SMILES string of the molecule is ClC1=CC(C2CCCCC2)CC(Cl)=C1. The Morgan fingerprint density at radius 2 is 1.79 bits per heavy atom. The van der Waals surface area contributed by atoms with E-state index in [2.05, 4.69) is 6.08 Å². The Labute approximate surface area is 96.0 Å². The third-order valence-corrected chi connectivity index (χ3v) is 3.85. The third kappa shape index (κ3) is 2.55. The third-order valence-electron chi connectivity index (χ3n) is 3.35. The molecule has 0 bridgehead atoms. The summed E-state index contributed by atoms with van der Waals surface area (Å²) < 4.78 is 0. The van der Waals surface area contributed by atoms with Gasteiger partial charge in [-0.15, -0.1) is 0 Å². The molecule has 0 aromatic heterocycles. The summed E-state index contributed by atoms with van der Waals surface area (Å²) in [6, 6.07) is 0. The number of hydrogen-bond acceptors (Lipinski definition) is 0. The van der Waals surface area contributed by atoms with Crippen LogP contribution in [-0.2, 0) is 0 Å². The van der Waals surface area contributed by atoms with Crippen LogP contribution in [0.15, 0.2) is 22.2 Å². The summed E-state index contributed by atoms with van der Waals surface area (Å²) in [5, 5.41) is 1.75. The monoisotopic (exact) mass is 230 g/mol. The predicted octanol–water partition coefficient (Wildman–Crippen LogP) is 4.83. The van der Waals surface area contributed by atoms with Gasteiger partial charge in [0.1, 0.15) is 0 Å². The minimum Gasteiger partial charge on any atom is -0.0891 e. The number of allylic oxidation sites excluding steroid dienone is 4. The minimum absolute atomic E-state index is 0.597. The Morgan fingerprint density at radius 3 is 2.43 bits per heavy atom. The summed E-state index contributed by atoms with van der Waals surface area (Å²) >= 11 is 12.1. The van der Waals surface area contributed by atoms with Crippen molar-refractivity contribution in [2.45, 2.75) is 38.5 Å². The predicted molar refractivity (Wildman–Crippen MR) is 62.6 cm³/mol. The van der Waals surface area contributed by atoms with E-state index in [0.717, 1.165) is 22.4 Å². The Bertz CT molecular complexity index is 259. The highest BCUT2D eigenvalue weighted by Gasteiger charge is 2.24. The van der Waals surface area contributed by atoms with Crippen LogP contribution in [0.2, 0.25) is 0 Å². The van der Waals surface area contributed by atoms with Gasteiger partial charge in [0.05, 0.1) is 0 Å². The minimum atomic E-state index is 0.597. The van der Waals surface area contributed by atoms with Gasteiger partial charge in [-0.1, -0.05) is 48.5 Å². The van der Waals surface area contributed by atoms with Gasteiger partial charge in [-0.25, -0.2) is 0 Å². The molecule has 2 rings (SSSR count). The van der Waals surface area contributed by atoms with Crippen molar-refractivity contribution in [3.05, 3.63) is 22.2 Å². The van der Waals surface area contributed by atoms with Crippen LogP contribution in [-0.4, -0.2) is 0 Å². The molecule has 1 atom stereocenters.